The normalized spacial score (nSPS) is 13.7. The lowest BCUT2D eigenvalue weighted by Gasteiger charge is -2.29. The van der Waals surface area contributed by atoms with Gasteiger partial charge in [0.15, 0.2) is 0 Å². The summed E-state index contributed by atoms with van der Waals surface area (Å²) in [6.45, 7) is 10.6. The highest BCUT2D eigenvalue weighted by Gasteiger charge is 2.23. The largest absolute Gasteiger partial charge is 0.379 e. The van der Waals surface area contributed by atoms with Gasteiger partial charge >= 0.3 is 0 Å². The van der Waals surface area contributed by atoms with Gasteiger partial charge in [0.25, 0.3) is 0 Å². The van der Waals surface area contributed by atoms with Gasteiger partial charge in [-0.25, -0.2) is 0 Å². The second kappa shape index (κ2) is 7.65. The van der Waals surface area contributed by atoms with Crippen molar-refractivity contribution in [3.8, 4) is 0 Å². The summed E-state index contributed by atoms with van der Waals surface area (Å²) in [6.07, 6.45) is 7.27. The van der Waals surface area contributed by atoms with Crippen molar-refractivity contribution in [3.63, 3.8) is 0 Å². The van der Waals surface area contributed by atoms with Crippen molar-refractivity contribution >= 4 is 0 Å². The molecule has 0 fully saturated rings. The number of hydrogen-bond donors (Lipinski definition) is 1. The molecule has 0 radical (unpaired) electrons. The Labute approximate surface area is 117 Å². The molecule has 4 nitrogen and oxygen atoms in total. The summed E-state index contributed by atoms with van der Waals surface area (Å²) in [6, 6.07) is 0.435. The minimum atomic E-state index is -0.0911. The monoisotopic (exact) mass is 267 g/mol. The van der Waals surface area contributed by atoms with Crippen molar-refractivity contribution in [2.45, 2.75) is 65.1 Å². The van der Waals surface area contributed by atoms with Gasteiger partial charge < -0.3 is 10.1 Å². The Morgan fingerprint density at radius 2 is 2.16 bits per heavy atom. The number of ether oxygens (including phenoxy) is 1. The van der Waals surface area contributed by atoms with Crippen LogP contribution in [0.25, 0.3) is 0 Å². The first-order valence-corrected chi connectivity index (χ1v) is 7.30. The number of rotatable bonds is 9. The van der Waals surface area contributed by atoms with Gasteiger partial charge in [0, 0.05) is 25.9 Å². The molecular weight excluding hydrogens is 238 g/mol. The van der Waals surface area contributed by atoms with Crippen LogP contribution in [0.2, 0.25) is 0 Å². The maximum atomic E-state index is 5.55. The molecule has 4 heteroatoms. The SMILES string of the molecule is CCCNC(Cc1cnn(CC)c1)CC(C)(C)OC. The summed E-state index contributed by atoms with van der Waals surface area (Å²) < 4.78 is 7.53. The van der Waals surface area contributed by atoms with Crippen molar-refractivity contribution < 1.29 is 4.74 Å². The van der Waals surface area contributed by atoms with E-state index in [0.29, 0.717) is 6.04 Å². The van der Waals surface area contributed by atoms with Gasteiger partial charge in [-0.1, -0.05) is 6.92 Å². The minimum Gasteiger partial charge on any atom is -0.379 e. The highest BCUT2D eigenvalue weighted by molar-refractivity contribution is 5.06. The van der Waals surface area contributed by atoms with E-state index in [4.69, 9.17) is 4.74 Å². The van der Waals surface area contributed by atoms with Crippen molar-refractivity contribution in [1.29, 1.82) is 0 Å². The quantitative estimate of drug-likeness (QED) is 0.747. The van der Waals surface area contributed by atoms with Crippen LogP contribution in [0.3, 0.4) is 0 Å². The van der Waals surface area contributed by atoms with Crippen LogP contribution in [0.4, 0.5) is 0 Å². The zero-order valence-electron chi connectivity index (χ0n) is 13.1. The van der Waals surface area contributed by atoms with E-state index in [1.807, 2.05) is 10.9 Å². The smallest absolute Gasteiger partial charge is 0.0637 e. The Balaban J connectivity index is 2.62. The van der Waals surface area contributed by atoms with Crippen LogP contribution >= 0.6 is 0 Å². The van der Waals surface area contributed by atoms with Crippen LogP contribution < -0.4 is 5.32 Å². The first-order valence-electron chi connectivity index (χ1n) is 7.30. The third-order valence-corrected chi connectivity index (χ3v) is 3.47. The topological polar surface area (TPSA) is 39.1 Å². The highest BCUT2D eigenvalue weighted by atomic mass is 16.5. The first kappa shape index (κ1) is 16.2. The summed E-state index contributed by atoms with van der Waals surface area (Å²) in [4.78, 5) is 0. The lowest BCUT2D eigenvalue weighted by Crippen LogP contribution is -2.39. The molecule has 0 aliphatic heterocycles. The summed E-state index contributed by atoms with van der Waals surface area (Å²) >= 11 is 0. The lowest BCUT2D eigenvalue weighted by molar-refractivity contribution is 0.00714. The van der Waals surface area contributed by atoms with Gasteiger partial charge in [-0.05, 0) is 52.1 Å². The number of nitrogens with zero attached hydrogens (tertiary/aromatic N) is 2. The Bertz CT molecular complexity index is 360. The molecule has 0 spiro atoms. The molecule has 1 unspecified atom stereocenters. The molecule has 0 saturated carbocycles. The molecule has 110 valence electrons. The predicted octanol–water partition coefficient (Wildman–Crippen LogP) is 2.63. The zero-order chi connectivity index (χ0) is 14.3. The highest BCUT2D eigenvalue weighted by Crippen LogP contribution is 2.18. The molecule has 0 bridgehead atoms. The fourth-order valence-electron chi connectivity index (χ4n) is 2.21. The summed E-state index contributed by atoms with van der Waals surface area (Å²) in [7, 11) is 1.78. The molecule has 1 N–H and O–H groups in total. The van der Waals surface area contributed by atoms with E-state index in [2.05, 4.69) is 44.3 Å². The van der Waals surface area contributed by atoms with Gasteiger partial charge in [0.2, 0.25) is 0 Å². The number of hydrogen-bond acceptors (Lipinski definition) is 3. The van der Waals surface area contributed by atoms with Crippen molar-refractivity contribution in [2.24, 2.45) is 0 Å². The van der Waals surface area contributed by atoms with Gasteiger partial charge in [-0.3, -0.25) is 4.68 Å². The van der Waals surface area contributed by atoms with Gasteiger partial charge in [-0.2, -0.15) is 5.10 Å². The summed E-state index contributed by atoms with van der Waals surface area (Å²) in [5, 5.41) is 7.96. The van der Waals surface area contributed by atoms with E-state index < -0.39 is 0 Å². The molecule has 0 saturated heterocycles. The number of aromatic nitrogens is 2. The Hall–Kier alpha value is -0.870. The third kappa shape index (κ3) is 5.74. The van der Waals surface area contributed by atoms with Gasteiger partial charge in [0.1, 0.15) is 0 Å². The summed E-state index contributed by atoms with van der Waals surface area (Å²) in [5.74, 6) is 0. The second-order valence-electron chi connectivity index (χ2n) is 5.73. The average molecular weight is 267 g/mol. The predicted molar refractivity (Wildman–Crippen MR) is 79.4 cm³/mol. The molecule has 1 aromatic heterocycles. The molecule has 1 atom stereocenters. The standard InChI is InChI=1S/C15H29N3O/c1-6-8-16-14(10-15(3,4)19-5)9-13-11-17-18(7-2)12-13/h11-12,14,16H,6-10H2,1-5H3. The van der Waals surface area contributed by atoms with Gasteiger partial charge in [-0.15, -0.1) is 0 Å². The third-order valence-electron chi connectivity index (χ3n) is 3.47. The number of methoxy groups -OCH3 is 1. The molecule has 0 aromatic carbocycles. The Morgan fingerprint density at radius 1 is 1.42 bits per heavy atom. The van der Waals surface area contributed by atoms with Crippen LogP contribution in [-0.4, -0.2) is 35.1 Å². The van der Waals surface area contributed by atoms with Crippen LogP contribution in [0.5, 0.6) is 0 Å². The maximum absolute atomic E-state index is 5.55. The van der Waals surface area contributed by atoms with Crippen molar-refractivity contribution in [2.75, 3.05) is 13.7 Å². The fraction of sp³-hybridized carbons (Fsp3) is 0.800. The molecule has 0 amide bonds. The van der Waals surface area contributed by atoms with Crippen molar-refractivity contribution in [3.05, 3.63) is 18.0 Å². The molecule has 1 heterocycles. The van der Waals surface area contributed by atoms with E-state index in [-0.39, 0.29) is 5.60 Å². The summed E-state index contributed by atoms with van der Waals surface area (Å²) in [5.41, 5.74) is 1.20. The zero-order valence-corrected chi connectivity index (χ0v) is 13.1. The Kier molecular flexibility index (Phi) is 6.52. The van der Waals surface area contributed by atoms with E-state index >= 15 is 0 Å². The van der Waals surface area contributed by atoms with Crippen LogP contribution in [0.15, 0.2) is 12.4 Å². The van der Waals surface area contributed by atoms with Gasteiger partial charge in [0.05, 0.1) is 11.8 Å². The first-order chi connectivity index (χ1) is 9.00. The molecule has 19 heavy (non-hydrogen) atoms. The second-order valence-corrected chi connectivity index (χ2v) is 5.73. The Morgan fingerprint density at radius 3 is 2.68 bits per heavy atom. The van der Waals surface area contributed by atoms with Crippen molar-refractivity contribution in [1.82, 2.24) is 15.1 Å². The van der Waals surface area contributed by atoms with Crippen LogP contribution in [-0.2, 0) is 17.7 Å². The van der Waals surface area contributed by atoms with Crippen LogP contribution in [0, 0.1) is 0 Å². The van der Waals surface area contributed by atoms with Crippen LogP contribution in [0.1, 0.15) is 46.1 Å². The lowest BCUT2D eigenvalue weighted by atomic mass is 9.95. The molecule has 1 rings (SSSR count). The fourth-order valence-corrected chi connectivity index (χ4v) is 2.21. The maximum Gasteiger partial charge on any atom is 0.0637 e. The molecule has 1 aromatic rings. The molecule has 0 aliphatic carbocycles. The average Bonchev–Trinajstić information content (AvgIpc) is 2.83. The molecule has 0 aliphatic rings. The minimum absolute atomic E-state index is 0.0911. The van der Waals surface area contributed by atoms with E-state index in [1.54, 1.807) is 7.11 Å². The van der Waals surface area contributed by atoms with E-state index in [0.717, 1.165) is 32.4 Å². The number of aryl methyl sites for hydroxylation is 1. The van der Waals surface area contributed by atoms with E-state index in [9.17, 15) is 0 Å². The molecular formula is C15H29N3O. The number of nitrogens with one attached hydrogen (secondary N) is 1. The van der Waals surface area contributed by atoms with E-state index in [1.165, 1.54) is 5.56 Å².